The van der Waals surface area contributed by atoms with Gasteiger partial charge in [-0.2, -0.15) is 0 Å². The van der Waals surface area contributed by atoms with Gasteiger partial charge in [-0.3, -0.25) is 29.1 Å². The fourth-order valence-corrected chi connectivity index (χ4v) is 5.27. The normalized spacial score (nSPS) is 13.7. The number of rotatable bonds is 13. The van der Waals surface area contributed by atoms with Gasteiger partial charge >= 0.3 is 0 Å². The number of anilines is 1. The van der Waals surface area contributed by atoms with E-state index in [4.69, 9.17) is 19.7 Å². The third kappa shape index (κ3) is 13.0. The van der Waals surface area contributed by atoms with Gasteiger partial charge < -0.3 is 25.0 Å². The zero-order valence-corrected chi connectivity index (χ0v) is 29.7. The van der Waals surface area contributed by atoms with Crippen LogP contribution in [0.2, 0.25) is 0 Å². The van der Waals surface area contributed by atoms with E-state index in [1.165, 1.54) is 29.5 Å². The Bertz CT molecular complexity index is 1880. The lowest BCUT2D eigenvalue weighted by atomic mass is 10.1. The van der Waals surface area contributed by atoms with E-state index < -0.39 is 0 Å². The van der Waals surface area contributed by atoms with Crippen LogP contribution >= 0.6 is 15.9 Å². The third-order valence-electron chi connectivity index (χ3n) is 7.57. The van der Waals surface area contributed by atoms with E-state index in [2.05, 4.69) is 31.2 Å². The lowest BCUT2D eigenvalue weighted by molar-refractivity contribution is -0.127. The highest BCUT2D eigenvalue weighted by Gasteiger charge is 2.21. The summed E-state index contributed by atoms with van der Waals surface area (Å²) >= 11 is 3.36. The number of amides is 2. The molecule has 6 rings (SSSR count). The Kier molecular flexibility index (Phi) is 15.7. The number of nitrogens with one attached hydrogen (secondary N) is 1. The monoisotopic (exact) mass is 760 g/mol. The molecule has 0 bridgehead atoms. The predicted octanol–water partition coefficient (Wildman–Crippen LogP) is 5.72. The summed E-state index contributed by atoms with van der Waals surface area (Å²) in [6, 6.07) is 15.5. The number of allylic oxidation sites excluding steroid dienone is 2. The number of halogens is 1. The molecule has 2 aromatic carbocycles. The van der Waals surface area contributed by atoms with Crippen LogP contribution in [-0.4, -0.2) is 70.0 Å². The largest absolute Gasteiger partial charge is 0.494 e. The van der Waals surface area contributed by atoms with Crippen molar-refractivity contribution in [3.8, 4) is 11.5 Å². The fraction of sp³-hybridized carbons (Fsp3) is 0.316. The Labute approximate surface area is 304 Å². The number of aliphatic hydroxyl groups is 2. The molecule has 0 aliphatic carbocycles. The standard InChI is InChI=1S/C19H20N2O4.C14H16BrNO2.C5H5NO2/c22-8-2-1-3-9-25-17-4-5-18-14(11-17)10-15(13-20-18)21-7-6-16(23)12-19(21)24;15-14-9-12-8-13(5-4-11(12)10-16-14)18-7-3-1-2-6-17;7-4-1-2-6-5(8)3-4/h4-7,10-11,13,22H,1-3,8-9,12H2;4-5,8-10,17H,1-3,6-7H2;1-2H,3H2,(H,6,8). The first-order valence-electron chi connectivity index (χ1n) is 16.7. The quantitative estimate of drug-likeness (QED) is 0.0871. The van der Waals surface area contributed by atoms with Crippen molar-refractivity contribution in [2.75, 3.05) is 31.3 Å². The predicted molar refractivity (Wildman–Crippen MR) is 197 cm³/mol. The summed E-state index contributed by atoms with van der Waals surface area (Å²) in [5, 5.41) is 22.9. The minimum Gasteiger partial charge on any atom is -0.494 e. The molecule has 0 spiro atoms. The van der Waals surface area contributed by atoms with Crippen LogP contribution in [0.5, 0.6) is 11.5 Å². The van der Waals surface area contributed by atoms with Crippen LogP contribution in [0.4, 0.5) is 5.69 Å². The van der Waals surface area contributed by atoms with Gasteiger partial charge in [-0.05, 0) is 121 Å². The van der Waals surface area contributed by atoms with E-state index in [0.29, 0.717) is 18.9 Å². The lowest BCUT2D eigenvalue weighted by Gasteiger charge is -2.20. The first-order chi connectivity index (χ1) is 24.7. The number of hydrogen-bond donors (Lipinski definition) is 3. The smallest absolute Gasteiger partial charge is 0.238 e. The van der Waals surface area contributed by atoms with Gasteiger partial charge in [0.1, 0.15) is 16.1 Å². The number of aliphatic hydroxyl groups excluding tert-OH is 2. The van der Waals surface area contributed by atoms with Crippen LogP contribution in [0.1, 0.15) is 51.4 Å². The number of hydrogen-bond acceptors (Lipinski definition) is 10. The summed E-state index contributed by atoms with van der Waals surface area (Å²) in [5.74, 6) is 0.818. The van der Waals surface area contributed by atoms with E-state index >= 15 is 0 Å². The molecule has 2 aliphatic rings. The van der Waals surface area contributed by atoms with Crippen LogP contribution in [-0.2, 0) is 19.2 Å². The maximum Gasteiger partial charge on any atom is 0.238 e. The van der Waals surface area contributed by atoms with Gasteiger partial charge in [-0.1, -0.05) is 0 Å². The van der Waals surface area contributed by atoms with Crippen molar-refractivity contribution in [2.24, 2.45) is 0 Å². The van der Waals surface area contributed by atoms with E-state index in [0.717, 1.165) is 76.3 Å². The summed E-state index contributed by atoms with van der Waals surface area (Å²) in [5.41, 5.74) is 1.43. The fourth-order valence-electron chi connectivity index (χ4n) is 4.92. The molecule has 2 aliphatic heterocycles. The molecule has 268 valence electrons. The highest BCUT2D eigenvalue weighted by atomic mass is 79.9. The summed E-state index contributed by atoms with van der Waals surface area (Å²) in [6.45, 7) is 1.75. The maximum absolute atomic E-state index is 12.0. The number of unbranched alkanes of at least 4 members (excludes halogenated alkanes) is 4. The molecule has 12 nitrogen and oxygen atoms in total. The van der Waals surface area contributed by atoms with Gasteiger partial charge in [0.15, 0.2) is 11.6 Å². The summed E-state index contributed by atoms with van der Waals surface area (Å²) in [4.78, 5) is 53.9. The molecule has 13 heteroatoms. The molecular weight excluding hydrogens is 720 g/mol. The van der Waals surface area contributed by atoms with Gasteiger partial charge in [-0.15, -0.1) is 0 Å². The number of ether oxygens (including phenoxy) is 2. The molecule has 4 aromatic rings. The highest BCUT2D eigenvalue weighted by molar-refractivity contribution is 9.10. The molecule has 2 amide bonds. The number of fused-ring (bicyclic) bond motifs is 2. The second-order valence-corrected chi connectivity index (χ2v) is 12.4. The summed E-state index contributed by atoms with van der Waals surface area (Å²) < 4.78 is 12.2. The molecule has 0 atom stereocenters. The van der Waals surface area contributed by atoms with Crippen molar-refractivity contribution in [1.29, 1.82) is 0 Å². The molecule has 4 heterocycles. The van der Waals surface area contributed by atoms with Crippen molar-refractivity contribution in [3.63, 3.8) is 0 Å². The van der Waals surface area contributed by atoms with Crippen molar-refractivity contribution < 1.29 is 38.9 Å². The zero-order valence-electron chi connectivity index (χ0n) is 28.1. The van der Waals surface area contributed by atoms with Gasteiger partial charge in [0.05, 0.1) is 43.5 Å². The highest BCUT2D eigenvalue weighted by Crippen LogP contribution is 2.26. The Morgan fingerprint density at radius 3 is 2.00 bits per heavy atom. The van der Waals surface area contributed by atoms with Gasteiger partial charge in [0.25, 0.3) is 0 Å². The second kappa shape index (κ2) is 20.6. The lowest BCUT2D eigenvalue weighted by Crippen LogP contribution is -2.30. The number of aromatic nitrogens is 2. The van der Waals surface area contributed by atoms with Crippen LogP contribution in [0.3, 0.4) is 0 Å². The molecule has 0 unspecified atom stereocenters. The Morgan fingerprint density at radius 1 is 0.706 bits per heavy atom. The molecular formula is C38H41BrN4O8. The van der Waals surface area contributed by atoms with E-state index in [1.807, 2.05) is 54.7 Å². The zero-order chi connectivity index (χ0) is 36.4. The molecule has 0 saturated heterocycles. The van der Waals surface area contributed by atoms with Crippen molar-refractivity contribution in [3.05, 3.63) is 90.1 Å². The van der Waals surface area contributed by atoms with Crippen LogP contribution in [0, 0.1) is 0 Å². The Morgan fingerprint density at radius 2 is 1.37 bits per heavy atom. The Hall–Kier alpha value is -4.98. The molecule has 2 aromatic heterocycles. The van der Waals surface area contributed by atoms with Gasteiger partial charge in [0, 0.05) is 42.6 Å². The van der Waals surface area contributed by atoms with Gasteiger partial charge in [0.2, 0.25) is 11.8 Å². The minimum atomic E-state index is -0.259. The number of carbonyl (C=O) groups excluding carboxylic acids is 4. The molecule has 0 radical (unpaired) electrons. The first kappa shape index (κ1) is 38.8. The Balaban J connectivity index is 0.000000194. The first-order valence-corrected chi connectivity index (χ1v) is 17.5. The van der Waals surface area contributed by atoms with E-state index in [9.17, 15) is 19.2 Å². The van der Waals surface area contributed by atoms with Crippen LogP contribution in [0.15, 0.2) is 90.1 Å². The molecule has 0 saturated carbocycles. The van der Waals surface area contributed by atoms with Crippen molar-refractivity contribution >= 4 is 66.7 Å². The molecule has 3 N–H and O–H groups in total. The van der Waals surface area contributed by atoms with Crippen LogP contribution in [0.25, 0.3) is 21.7 Å². The number of benzene rings is 2. The van der Waals surface area contributed by atoms with E-state index in [1.54, 1.807) is 6.20 Å². The summed E-state index contributed by atoms with van der Waals surface area (Å²) in [6.07, 6.45) is 14.3. The topological polar surface area (TPSA) is 168 Å². The molecule has 51 heavy (non-hydrogen) atoms. The van der Waals surface area contributed by atoms with Crippen LogP contribution < -0.4 is 19.7 Å². The summed E-state index contributed by atoms with van der Waals surface area (Å²) in [7, 11) is 0. The second-order valence-electron chi connectivity index (χ2n) is 11.6. The molecule has 0 fully saturated rings. The number of ketones is 2. The van der Waals surface area contributed by atoms with Gasteiger partial charge in [-0.25, -0.2) is 4.98 Å². The average molecular weight is 762 g/mol. The number of carbonyl (C=O) groups is 4. The van der Waals surface area contributed by atoms with E-state index in [-0.39, 0.29) is 49.4 Å². The maximum atomic E-state index is 12.0. The number of pyridine rings is 2. The third-order valence-corrected chi connectivity index (χ3v) is 8.00. The minimum absolute atomic E-state index is 0.00347. The average Bonchev–Trinajstić information content (AvgIpc) is 3.11. The van der Waals surface area contributed by atoms with Crippen molar-refractivity contribution in [1.82, 2.24) is 15.3 Å². The SMILES string of the molecule is O=C1C=CN(c2cnc3ccc(OCCCCCO)cc3c2)C(=O)C1.O=C1C=CNC(=O)C1.OCCCCCOc1ccc2cnc(Br)cc2c1. The number of nitrogens with zero attached hydrogens (tertiary/aromatic N) is 3. The van der Waals surface area contributed by atoms with Crippen molar-refractivity contribution in [2.45, 2.75) is 51.4 Å².